The minimum absolute atomic E-state index is 0.0946. The molecule has 1 aliphatic rings. The van der Waals surface area contributed by atoms with Crippen LogP contribution in [0.4, 0.5) is 11.7 Å². The summed E-state index contributed by atoms with van der Waals surface area (Å²) in [4.78, 5) is 19.1. The maximum absolute atomic E-state index is 12.7. The molecule has 1 atom stereocenters. The van der Waals surface area contributed by atoms with E-state index in [0.717, 1.165) is 30.5 Å². The van der Waals surface area contributed by atoms with Gasteiger partial charge < -0.3 is 14.6 Å². The Hall–Kier alpha value is -2.53. The minimum atomic E-state index is -0.311. The molecular weight excluding hydrogens is 326 g/mol. The molecule has 2 heterocycles. The molecule has 2 aromatic carbocycles. The van der Waals surface area contributed by atoms with Crippen LogP contribution in [0.3, 0.4) is 0 Å². The third kappa shape index (κ3) is 2.71. The SMILES string of the molecule is O=C(Nc1ccccc1Cl)[C@@H]1CCCN1c1nc2ccccc2o1. The highest BCUT2D eigenvalue weighted by Crippen LogP contribution is 2.29. The van der Waals surface area contributed by atoms with E-state index in [1.807, 2.05) is 41.3 Å². The second-order valence-corrected chi connectivity index (χ2v) is 6.19. The van der Waals surface area contributed by atoms with Crippen LogP contribution in [0.15, 0.2) is 52.9 Å². The second-order valence-electron chi connectivity index (χ2n) is 5.78. The maximum atomic E-state index is 12.7. The van der Waals surface area contributed by atoms with Gasteiger partial charge in [0.25, 0.3) is 6.01 Å². The summed E-state index contributed by atoms with van der Waals surface area (Å²) in [7, 11) is 0. The third-order valence-corrected chi connectivity index (χ3v) is 4.55. The molecule has 1 saturated heterocycles. The molecule has 24 heavy (non-hydrogen) atoms. The predicted molar refractivity (Wildman–Crippen MR) is 94.5 cm³/mol. The first-order valence-electron chi connectivity index (χ1n) is 7.90. The number of halogens is 1. The molecule has 5 nitrogen and oxygen atoms in total. The number of carbonyl (C=O) groups is 1. The van der Waals surface area contributed by atoms with Gasteiger partial charge in [-0.05, 0) is 37.1 Å². The summed E-state index contributed by atoms with van der Waals surface area (Å²) in [5.74, 6) is -0.0946. The molecule has 0 aliphatic carbocycles. The Balaban J connectivity index is 1.58. The number of amides is 1. The Labute approximate surface area is 144 Å². The summed E-state index contributed by atoms with van der Waals surface area (Å²) in [5.41, 5.74) is 2.14. The molecule has 1 fully saturated rings. The summed E-state index contributed by atoms with van der Waals surface area (Å²) in [5, 5.41) is 3.43. The largest absolute Gasteiger partial charge is 0.423 e. The zero-order valence-corrected chi connectivity index (χ0v) is 13.7. The van der Waals surface area contributed by atoms with Crippen LogP contribution in [0.1, 0.15) is 12.8 Å². The van der Waals surface area contributed by atoms with Crippen molar-refractivity contribution in [1.82, 2.24) is 4.98 Å². The van der Waals surface area contributed by atoms with Gasteiger partial charge in [-0.1, -0.05) is 35.9 Å². The Bertz CT molecular complexity index is 860. The van der Waals surface area contributed by atoms with Crippen molar-refractivity contribution in [3.05, 3.63) is 53.6 Å². The Morgan fingerprint density at radius 1 is 1.21 bits per heavy atom. The molecule has 6 heteroatoms. The molecule has 1 aliphatic heterocycles. The number of hydrogen-bond acceptors (Lipinski definition) is 4. The average molecular weight is 342 g/mol. The lowest BCUT2D eigenvalue weighted by Gasteiger charge is -2.22. The predicted octanol–water partition coefficient (Wildman–Crippen LogP) is 4.09. The van der Waals surface area contributed by atoms with Crippen LogP contribution in [0.2, 0.25) is 5.02 Å². The smallest absolute Gasteiger partial charge is 0.299 e. The first-order chi connectivity index (χ1) is 11.7. The fourth-order valence-corrected chi connectivity index (χ4v) is 3.21. The van der Waals surface area contributed by atoms with E-state index in [2.05, 4.69) is 10.3 Å². The van der Waals surface area contributed by atoms with Crippen molar-refractivity contribution >= 4 is 40.3 Å². The van der Waals surface area contributed by atoms with Gasteiger partial charge in [0.05, 0.1) is 10.7 Å². The highest BCUT2D eigenvalue weighted by molar-refractivity contribution is 6.33. The number of fused-ring (bicyclic) bond motifs is 1. The number of nitrogens with zero attached hydrogens (tertiary/aromatic N) is 2. The van der Waals surface area contributed by atoms with Crippen LogP contribution >= 0.6 is 11.6 Å². The Kier molecular flexibility index (Phi) is 3.86. The molecular formula is C18H16ClN3O2. The topological polar surface area (TPSA) is 58.4 Å². The molecule has 1 aromatic heterocycles. The average Bonchev–Trinajstić information content (AvgIpc) is 3.23. The highest BCUT2D eigenvalue weighted by Gasteiger charge is 2.34. The van der Waals surface area contributed by atoms with E-state index >= 15 is 0 Å². The lowest BCUT2D eigenvalue weighted by atomic mass is 10.2. The van der Waals surface area contributed by atoms with Crippen LogP contribution < -0.4 is 10.2 Å². The fourth-order valence-electron chi connectivity index (χ4n) is 3.03. The van der Waals surface area contributed by atoms with E-state index < -0.39 is 0 Å². The number of para-hydroxylation sites is 3. The number of nitrogens with one attached hydrogen (secondary N) is 1. The summed E-state index contributed by atoms with van der Waals surface area (Å²) >= 11 is 6.12. The first-order valence-corrected chi connectivity index (χ1v) is 8.28. The van der Waals surface area contributed by atoms with Crippen LogP contribution in [-0.4, -0.2) is 23.5 Å². The van der Waals surface area contributed by atoms with Gasteiger partial charge in [-0.2, -0.15) is 4.98 Å². The van der Waals surface area contributed by atoms with E-state index in [1.165, 1.54) is 0 Å². The molecule has 0 bridgehead atoms. The van der Waals surface area contributed by atoms with Gasteiger partial charge in [0.2, 0.25) is 5.91 Å². The molecule has 3 aromatic rings. The summed E-state index contributed by atoms with van der Waals surface area (Å²) in [6, 6.07) is 15.0. The second kappa shape index (κ2) is 6.17. The summed E-state index contributed by atoms with van der Waals surface area (Å²) in [6.07, 6.45) is 1.67. The van der Waals surface area contributed by atoms with Gasteiger partial charge in [0.15, 0.2) is 5.58 Å². The van der Waals surface area contributed by atoms with Crippen LogP contribution in [0, 0.1) is 0 Å². The summed E-state index contributed by atoms with van der Waals surface area (Å²) in [6.45, 7) is 0.743. The molecule has 122 valence electrons. The quantitative estimate of drug-likeness (QED) is 0.779. The zero-order valence-electron chi connectivity index (χ0n) is 12.9. The lowest BCUT2D eigenvalue weighted by Crippen LogP contribution is -2.39. The van der Waals surface area contributed by atoms with Gasteiger partial charge in [-0.15, -0.1) is 0 Å². The molecule has 1 amide bonds. The van der Waals surface area contributed by atoms with Gasteiger partial charge in [-0.25, -0.2) is 0 Å². The number of benzene rings is 2. The molecule has 0 radical (unpaired) electrons. The number of hydrogen-bond donors (Lipinski definition) is 1. The van der Waals surface area contributed by atoms with E-state index in [1.54, 1.807) is 12.1 Å². The molecule has 1 N–H and O–H groups in total. The van der Waals surface area contributed by atoms with Crippen LogP contribution in [-0.2, 0) is 4.79 Å². The minimum Gasteiger partial charge on any atom is -0.423 e. The van der Waals surface area contributed by atoms with Gasteiger partial charge in [-0.3, -0.25) is 4.79 Å². The zero-order chi connectivity index (χ0) is 16.5. The maximum Gasteiger partial charge on any atom is 0.299 e. The van der Waals surface area contributed by atoms with Gasteiger partial charge in [0, 0.05) is 6.54 Å². The molecule has 0 unspecified atom stereocenters. The van der Waals surface area contributed by atoms with Crippen molar-refractivity contribution < 1.29 is 9.21 Å². The van der Waals surface area contributed by atoms with Crippen LogP contribution in [0.5, 0.6) is 0 Å². The Morgan fingerprint density at radius 2 is 2.00 bits per heavy atom. The first kappa shape index (κ1) is 15.0. The van der Waals surface area contributed by atoms with Gasteiger partial charge >= 0.3 is 0 Å². The van der Waals surface area contributed by atoms with E-state index in [0.29, 0.717) is 16.7 Å². The number of rotatable bonds is 3. The standard InChI is InChI=1S/C18H16ClN3O2/c19-12-6-1-2-7-13(12)20-17(23)15-9-5-11-22(15)18-21-14-8-3-4-10-16(14)24-18/h1-4,6-8,10,15H,5,9,11H2,(H,20,23)/t15-/m0/s1. The molecule has 4 rings (SSSR count). The summed E-state index contributed by atoms with van der Waals surface area (Å²) < 4.78 is 5.82. The van der Waals surface area contributed by atoms with E-state index in [9.17, 15) is 4.79 Å². The normalized spacial score (nSPS) is 17.4. The van der Waals surface area contributed by atoms with Crippen molar-refractivity contribution in [3.8, 4) is 0 Å². The van der Waals surface area contributed by atoms with Crippen molar-refractivity contribution in [2.24, 2.45) is 0 Å². The van der Waals surface area contributed by atoms with E-state index in [-0.39, 0.29) is 11.9 Å². The fraction of sp³-hybridized carbons (Fsp3) is 0.222. The number of oxazole rings is 1. The van der Waals surface area contributed by atoms with E-state index in [4.69, 9.17) is 16.0 Å². The Morgan fingerprint density at radius 3 is 2.83 bits per heavy atom. The third-order valence-electron chi connectivity index (χ3n) is 4.22. The highest BCUT2D eigenvalue weighted by atomic mass is 35.5. The van der Waals surface area contributed by atoms with Crippen molar-refractivity contribution in [1.29, 1.82) is 0 Å². The van der Waals surface area contributed by atoms with Crippen molar-refractivity contribution in [2.45, 2.75) is 18.9 Å². The molecule has 0 spiro atoms. The lowest BCUT2D eigenvalue weighted by molar-refractivity contribution is -0.117. The van der Waals surface area contributed by atoms with Crippen molar-refractivity contribution in [2.75, 3.05) is 16.8 Å². The number of anilines is 2. The van der Waals surface area contributed by atoms with Gasteiger partial charge in [0.1, 0.15) is 11.6 Å². The number of aromatic nitrogens is 1. The molecule has 0 saturated carbocycles. The monoisotopic (exact) mass is 341 g/mol. The van der Waals surface area contributed by atoms with Crippen LogP contribution in [0.25, 0.3) is 11.1 Å². The number of carbonyl (C=O) groups excluding carboxylic acids is 1. The van der Waals surface area contributed by atoms with Crippen molar-refractivity contribution in [3.63, 3.8) is 0 Å².